The molecule has 1 fully saturated rings. The Balaban J connectivity index is 1.79. The number of aryl methyl sites for hydroxylation is 1. The van der Waals surface area contributed by atoms with Gasteiger partial charge in [0.05, 0.1) is 13.2 Å². The zero-order valence-corrected chi connectivity index (χ0v) is 12.8. The molecule has 0 aliphatic carbocycles. The Kier molecular flexibility index (Phi) is 6.34. The standard InChI is InChI=1S/C17H27NO2/c1-15(2)7-8-16-5-3-4-6-17(16)20-14-11-18-9-12-19-13-10-18/h3-6,15H,7-14H2,1-2H3. The first-order valence-electron chi connectivity index (χ1n) is 7.76. The monoisotopic (exact) mass is 277 g/mol. The summed E-state index contributed by atoms with van der Waals surface area (Å²) in [6, 6.07) is 8.44. The highest BCUT2D eigenvalue weighted by molar-refractivity contribution is 5.33. The van der Waals surface area contributed by atoms with Crippen molar-refractivity contribution in [3.05, 3.63) is 29.8 Å². The first-order chi connectivity index (χ1) is 9.75. The maximum atomic E-state index is 5.99. The molecule has 0 bridgehead atoms. The van der Waals surface area contributed by atoms with Crippen LogP contribution < -0.4 is 4.74 Å². The van der Waals surface area contributed by atoms with Crippen molar-refractivity contribution in [1.82, 2.24) is 4.90 Å². The molecule has 0 aromatic heterocycles. The fourth-order valence-corrected chi connectivity index (χ4v) is 2.40. The Bertz CT molecular complexity index is 386. The van der Waals surface area contributed by atoms with Gasteiger partial charge in [-0.3, -0.25) is 4.90 Å². The minimum atomic E-state index is 0.733. The number of nitrogens with zero attached hydrogens (tertiary/aromatic N) is 1. The molecule has 0 radical (unpaired) electrons. The van der Waals surface area contributed by atoms with Gasteiger partial charge in [-0.1, -0.05) is 32.0 Å². The third kappa shape index (κ3) is 5.14. The average molecular weight is 277 g/mol. The lowest BCUT2D eigenvalue weighted by Gasteiger charge is -2.26. The number of benzene rings is 1. The zero-order valence-electron chi connectivity index (χ0n) is 12.8. The lowest BCUT2D eigenvalue weighted by molar-refractivity contribution is 0.0322. The fourth-order valence-electron chi connectivity index (χ4n) is 2.40. The normalized spacial score (nSPS) is 16.6. The van der Waals surface area contributed by atoms with Crippen LogP contribution >= 0.6 is 0 Å². The quantitative estimate of drug-likeness (QED) is 0.765. The molecule has 3 nitrogen and oxygen atoms in total. The molecule has 1 saturated heterocycles. The molecule has 1 aromatic rings. The van der Waals surface area contributed by atoms with E-state index in [1.807, 2.05) is 0 Å². The van der Waals surface area contributed by atoms with Gasteiger partial charge in [-0.15, -0.1) is 0 Å². The van der Waals surface area contributed by atoms with Crippen molar-refractivity contribution in [2.45, 2.75) is 26.7 Å². The van der Waals surface area contributed by atoms with Crippen LogP contribution in [-0.4, -0.2) is 44.4 Å². The Morgan fingerprint density at radius 1 is 1.20 bits per heavy atom. The summed E-state index contributed by atoms with van der Waals surface area (Å²) in [5.41, 5.74) is 1.34. The maximum Gasteiger partial charge on any atom is 0.122 e. The van der Waals surface area contributed by atoms with Crippen LogP contribution in [0, 0.1) is 5.92 Å². The second-order valence-corrected chi connectivity index (χ2v) is 5.84. The summed E-state index contributed by atoms with van der Waals surface area (Å²) in [6.45, 7) is 10.0. The Labute approximate surface area is 122 Å². The van der Waals surface area contributed by atoms with Crippen molar-refractivity contribution in [3.63, 3.8) is 0 Å². The van der Waals surface area contributed by atoms with Crippen LogP contribution in [0.1, 0.15) is 25.8 Å². The molecule has 0 saturated carbocycles. The summed E-state index contributed by atoms with van der Waals surface area (Å²) in [4.78, 5) is 2.40. The number of rotatable bonds is 7. The van der Waals surface area contributed by atoms with Crippen molar-refractivity contribution in [2.75, 3.05) is 39.5 Å². The van der Waals surface area contributed by atoms with Gasteiger partial charge in [0.25, 0.3) is 0 Å². The molecule has 2 rings (SSSR count). The van der Waals surface area contributed by atoms with Crippen LogP contribution in [0.15, 0.2) is 24.3 Å². The third-order valence-electron chi connectivity index (χ3n) is 3.73. The van der Waals surface area contributed by atoms with E-state index in [1.165, 1.54) is 12.0 Å². The topological polar surface area (TPSA) is 21.7 Å². The summed E-state index contributed by atoms with van der Waals surface area (Å²) in [7, 11) is 0. The Hall–Kier alpha value is -1.06. The van der Waals surface area contributed by atoms with Gasteiger partial charge in [0, 0.05) is 19.6 Å². The molecule has 112 valence electrons. The van der Waals surface area contributed by atoms with Crippen LogP contribution in [0.2, 0.25) is 0 Å². The largest absolute Gasteiger partial charge is 0.492 e. The Morgan fingerprint density at radius 2 is 1.95 bits per heavy atom. The number of ether oxygens (including phenoxy) is 2. The van der Waals surface area contributed by atoms with E-state index < -0.39 is 0 Å². The SMILES string of the molecule is CC(C)CCc1ccccc1OCCN1CCOCC1. The van der Waals surface area contributed by atoms with Crippen LogP contribution in [0.4, 0.5) is 0 Å². The molecule has 0 unspecified atom stereocenters. The molecule has 0 amide bonds. The first kappa shape index (κ1) is 15.3. The predicted octanol–water partition coefficient (Wildman–Crippen LogP) is 2.99. The van der Waals surface area contributed by atoms with E-state index in [9.17, 15) is 0 Å². The average Bonchev–Trinajstić information content (AvgIpc) is 2.47. The summed E-state index contributed by atoms with van der Waals surface area (Å²) in [5, 5.41) is 0. The second kappa shape index (κ2) is 8.28. The fraction of sp³-hybridized carbons (Fsp3) is 0.647. The molecular weight excluding hydrogens is 250 g/mol. The summed E-state index contributed by atoms with van der Waals surface area (Å²) in [6.07, 6.45) is 2.31. The molecule has 1 heterocycles. The Morgan fingerprint density at radius 3 is 2.70 bits per heavy atom. The van der Waals surface area contributed by atoms with E-state index in [0.29, 0.717) is 0 Å². The van der Waals surface area contributed by atoms with Crippen LogP contribution in [0.25, 0.3) is 0 Å². The zero-order chi connectivity index (χ0) is 14.2. The summed E-state index contributed by atoms with van der Waals surface area (Å²) in [5.74, 6) is 1.79. The smallest absolute Gasteiger partial charge is 0.122 e. The summed E-state index contributed by atoms with van der Waals surface area (Å²) >= 11 is 0. The van der Waals surface area contributed by atoms with E-state index >= 15 is 0 Å². The number of hydrogen-bond acceptors (Lipinski definition) is 3. The van der Waals surface area contributed by atoms with Crippen molar-refractivity contribution in [3.8, 4) is 5.75 Å². The number of para-hydroxylation sites is 1. The molecule has 0 atom stereocenters. The van der Waals surface area contributed by atoms with Gasteiger partial charge >= 0.3 is 0 Å². The third-order valence-corrected chi connectivity index (χ3v) is 3.73. The van der Waals surface area contributed by atoms with Crippen molar-refractivity contribution in [2.24, 2.45) is 5.92 Å². The molecular formula is C17H27NO2. The van der Waals surface area contributed by atoms with Gasteiger partial charge in [0.15, 0.2) is 0 Å². The molecule has 3 heteroatoms. The summed E-state index contributed by atoms with van der Waals surface area (Å²) < 4.78 is 11.3. The van der Waals surface area contributed by atoms with Crippen molar-refractivity contribution < 1.29 is 9.47 Å². The van der Waals surface area contributed by atoms with Gasteiger partial charge in [0.1, 0.15) is 12.4 Å². The van der Waals surface area contributed by atoms with Gasteiger partial charge in [-0.05, 0) is 30.4 Å². The molecule has 1 aliphatic rings. The van der Waals surface area contributed by atoms with E-state index in [2.05, 4.69) is 43.0 Å². The van der Waals surface area contributed by atoms with Crippen molar-refractivity contribution in [1.29, 1.82) is 0 Å². The second-order valence-electron chi connectivity index (χ2n) is 5.84. The lowest BCUT2D eigenvalue weighted by atomic mass is 10.0. The van der Waals surface area contributed by atoms with Crippen molar-refractivity contribution >= 4 is 0 Å². The molecule has 0 N–H and O–H groups in total. The van der Waals surface area contributed by atoms with E-state index in [1.54, 1.807) is 0 Å². The molecule has 20 heavy (non-hydrogen) atoms. The van der Waals surface area contributed by atoms with Gasteiger partial charge in [-0.2, -0.15) is 0 Å². The predicted molar refractivity (Wildman–Crippen MR) is 82.4 cm³/mol. The van der Waals surface area contributed by atoms with E-state index in [-0.39, 0.29) is 0 Å². The van der Waals surface area contributed by atoms with Crippen LogP contribution in [0.5, 0.6) is 5.75 Å². The minimum absolute atomic E-state index is 0.733. The highest BCUT2D eigenvalue weighted by atomic mass is 16.5. The minimum Gasteiger partial charge on any atom is -0.492 e. The van der Waals surface area contributed by atoms with E-state index in [0.717, 1.165) is 57.5 Å². The molecule has 1 aromatic carbocycles. The van der Waals surface area contributed by atoms with Gasteiger partial charge in [-0.25, -0.2) is 0 Å². The highest BCUT2D eigenvalue weighted by Gasteiger charge is 2.10. The van der Waals surface area contributed by atoms with Gasteiger partial charge in [0.2, 0.25) is 0 Å². The van der Waals surface area contributed by atoms with Crippen LogP contribution in [0.3, 0.4) is 0 Å². The number of hydrogen-bond donors (Lipinski definition) is 0. The highest BCUT2D eigenvalue weighted by Crippen LogP contribution is 2.21. The maximum absolute atomic E-state index is 5.99. The van der Waals surface area contributed by atoms with Gasteiger partial charge < -0.3 is 9.47 Å². The molecule has 0 spiro atoms. The van der Waals surface area contributed by atoms with Crippen LogP contribution in [-0.2, 0) is 11.2 Å². The number of morpholine rings is 1. The lowest BCUT2D eigenvalue weighted by Crippen LogP contribution is -2.38. The first-order valence-corrected chi connectivity index (χ1v) is 7.76. The molecule has 1 aliphatic heterocycles. The van der Waals surface area contributed by atoms with E-state index in [4.69, 9.17) is 9.47 Å².